The van der Waals surface area contributed by atoms with Crippen LogP contribution in [0.2, 0.25) is 0 Å². The van der Waals surface area contributed by atoms with Gasteiger partial charge in [-0.3, -0.25) is 4.79 Å². The van der Waals surface area contributed by atoms with Crippen LogP contribution in [0.4, 0.5) is 0 Å². The molecule has 4 aromatic rings. The monoisotopic (exact) mass is 457 g/mol. The van der Waals surface area contributed by atoms with Gasteiger partial charge in [-0.1, -0.05) is 102 Å². The second-order valence-electron chi connectivity index (χ2n) is 7.84. The number of nitrogens with one attached hydrogen (secondary N) is 1. The molecular weight excluding hydrogens is 430 g/mol. The van der Waals surface area contributed by atoms with Gasteiger partial charge in [0.2, 0.25) is 11.1 Å². The van der Waals surface area contributed by atoms with Gasteiger partial charge in [0.25, 0.3) is 0 Å². The number of nitrogens with two attached hydrogens (primary N) is 1. The molecule has 0 saturated heterocycles. The summed E-state index contributed by atoms with van der Waals surface area (Å²) in [6.07, 6.45) is 0.815. The Balaban J connectivity index is 1.32. The average Bonchev–Trinajstić information content (AvgIpc) is 3.22. The second kappa shape index (κ2) is 10.8. The summed E-state index contributed by atoms with van der Waals surface area (Å²) < 4.78 is 1.43. The van der Waals surface area contributed by atoms with Gasteiger partial charge < -0.3 is 11.2 Å². The lowest BCUT2D eigenvalue weighted by atomic mass is 9.88. The first kappa shape index (κ1) is 22.6. The minimum absolute atomic E-state index is 0.0558. The van der Waals surface area contributed by atoms with Gasteiger partial charge in [0.15, 0.2) is 5.82 Å². The minimum Gasteiger partial charge on any atom is -0.355 e. The molecule has 7 heteroatoms. The highest BCUT2D eigenvalue weighted by Gasteiger charge is 2.16. The molecule has 168 valence electrons. The van der Waals surface area contributed by atoms with E-state index in [9.17, 15) is 4.79 Å². The van der Waals surface area contributed by atoms with Crippen LogP contribution in [0.3, 0.4) is 0 Å². The Morgan fingerprint density at radius 1 is 0.939 bits per heavy atom. The van der Waals surface area contributed by atoms with Crippen molar-refractivity contribution in [3.63, 3.8) is 0 Å². The zero-order valence-electron chi connectivity index (χ0n) is 18.5. The summed E-state index contributed by atoms with van der Waals surface area (Å²) in [6, 6.07) is 28.7. The number of benzene rings is 3. The molecule has 4 rings (SSSR count). The molecule has 1 heterocycles. The van der Waals surface area contributed by atoms with Crippen LogP contribution >= 0.6 is 11.8 Å². The van der Waals surface area contributed by atoms with Crippen molar-refractivity contribution in [1.82, 2.24) is 20.2 Å². The number of thioether (sulfide) groups is 1. The molecule has 1 amide bonds. The van der Waals surface area contributed by atoms with Crippen molar-refractivity contribution in [3.8, 4) is 11.4 Å². The first-order valence-electron chi connectivity index (χ1n) is 10.9. The van der Waals surface area contributed by atoms with Crippen molar-refractivity contribution in [2.45, 2.75) is 24.4 Å². The number of carbonyl (C=O) groups excluding carboxylic acids is 1. The molecule has 0 saturated carbocycles. The van der Waals surface area contributed by atoms with Gasteiger partial charge >= 0.3 is 0 Å². The maximum Gasteiger partial charge on any atom is 0.230 e. The van der Waals surface area contributed by atoms with E-state index in [1.165, 1.54) is 27.6 Å². The van der Waals surface area contributed by atoms with Crippen LogP contribution in [-0.2, 0) is 4.79 Å². The first-order chi connectivity index (χ1) is 16.1. The Morgan fingerprint density at radius 2 is 1.55 bits per heavy atom. The smallest absolute Gasteiger partial charge is 0.230 e. The number of amides is 1. The molecule has 0 aliphatic rings. The topological polar surface area (TPSA) is 85.8 Å². The summed E-state index contributed by atoms with van der Waals surface area (Å²) in [5, 5.41) is 11.9. The van der Waals surface area contributed by atoms with Crippen molar-refractivity contribution in [2.24, 2.45) is 0 Å². The third kappa shape index (κ3) is 5.81. The predicted octanol–water partition coefficient (Wildman–Crippen LogP) is 4.40. The van der Waals surface area contributed by atoms with Crippen LogP contribution in [0.25, 0.3) is 11.4 Å². The highest BCUT2D eigenvalue weighted by Crippen LogP contribution is 2.27. The molecule has 6 nitrogen and oxygen atoms in total. The van der Waals surface area contributed by atoms with E-state index in [-0.39, 0.29) is 17.6 Å². The van der Waals surface area contributed by atoms with Crippen LogP contribution < -0.4 is 11.2 Å². The fourth-order valence-electron chi connectivity index (χ4n) is 3.71. The number of aryl methyl sites for hydroxylation is 1. The van der Waals surface area contributed by atoms with E-state index in [0.29, 0.717) is 17.5 Å². The van der Waals surface area contributed by atoms with E-state index in [0.717, 1.165) is 17.5 Å². The van der Waals surface area contributed by atoms with Gasteiger partial charge in [-0.05, 0) is 24.5 Å². The maximum atomic E-state index is 12.5. The van der Waals surface area contributed by atoms with Gasteiger partial charge in [-0.2, -0.15) is 0 Å². The summed E-state index contributed by atoms with van der Waals surface area (Å²) >= 11 is 1.28. The Morgan fingerprint density at radius 3 is 2.15 bits per heavy atom. The molecule has 3 N–H and O–H groups in total. The average molecular weight is 458 g/mol. The molecule has 0 unspecified atom stereocenters. The lowest BCUT2D eigenvalue weighted by molar-refractivity contribution is -0.118. The van der Waals surface area contributed by atoms with E-state index in [4.69, 9.17) is 5.84 Å². The van der Waals surface area contributed by atoms with Crippen molar-refractivity contribution >= 4 is 17.7 Å². The van der Waals surface area contributed by atoms with Gasteiger partial charge in [0, 0.05) is 18.0 Å². The molecule has 0 aliphatic heterocycles. The van der Waals surface area contributed by atoms with Crippen molar-refractivity contribution in [2.75, 3.05) is 18.1 Å². The summed E-state index contributed by atoms with van der Waals surface area (Å²) in [7, 11) is 0. The van der Waals surface area contributed by atoms with Gasteiger partial charge in [-0.25, -0.2) is 4.68 Å². The summed E-state index contributed by atoms with van der Waals surface area (Å²) in [6.45, 7) is 2.61. The third-order valence-corrected chi connectivity index (χ3v) is 6.41. The molecule has 0 aliphatic carbocycles. The van der Waals surface area contributed by atoms with E-state index in [1.807, 2.05) is 67.6 Å². The quantitative estimate of drug-likeness (QED) is 0.287. The summed E-state index contributed by atoms with van der Waals surface area (Å²) in [5.74, 6) is 7.14. The van der Waals surface area contributed by atoms with Gasteiger partial charge in [-0.15, -0.1) is 10.2 Å². The lowest BCUT2D eigenvalue weighted by Gasteiger charge is -2.18. The molecule has 3 aromatic carbocycles. The fourth-order valence-corrected chi connectivity index (χ4v) is 4.39. The summed E-state index contributed by atoms with van der Waals surface area (Å²) in [5.41, 5.74) is 4.54. The number of hydrogen-bond acceptors (Lipinski definition) is 5. The van der Waals surface area contributed by atoms with E-state index >= 15 is 0 Å². The number of nitrogens with zero attached hydrogens (tertiary/aromatic N) is 3. The van der Waals surface area contributed by atoms with Gasteiger partial charge in [0.05, 0.1) is 5.75 Å². The SMILES string of the molecule is Cc1ccc(-c2nnc(SCC(=O)NCCC(c3ccccc3)c3ccccc3)n2N)cc1. The van der Waals surface area contributed by atoms with E-state index in [2.05, 4.69) is 39.8 Å². The number of hydrogen-bond donors (Lipinski definition) is 2. The minimum atomic E-state index is -0.0558. The Bertz CT molecular complexity index is 1140. The van der Waals surface area contributed by atoms with Gasteiger partial charge in [0.1, 0.15) is 0 Å². The molecule has 0 atom stereocenters. The highest BCUT2D eigenvalue weighted by atomic mass is 32.2. The molecular formula is C26H27N5OS. The van der Waals surface area contributed by atoms with Crippen LogP contribution in [0, 0.1) is 6.92 Å². The maximum absolute atomic E-state index is 12.5. The molecule has 33 heavy (non-hydrogen) atoms. The molecule has 0 radical (unpaired) electrons. The number of nitrogen functional groups attached to an aromatic ring is 1. The first-order valence-corrected chi connectivity index (χ1v) is 11.9. The lowest BCUT2D eigenvalue weighted by Crippen LogP contribution is -2.27. The Kier molecular flexibility index (Phi) is 7.42. The normalized spacial score (nSPS) is 11.0. The number of rotatable bonds is 9. The largest absolute Gasteiger partial charge is 0.355 e. The standard InChI is InChI=1S/C26H27N5OS/c1-19-12-14-22(15-13-19)25-29-30-26(31(25)27)33-18-24(32)28-17-16-23(20-8-4-2-5-9-20)21-10-6-3-7-11-21/h2-15,23H,16-18,27H2,1H3,(H,28,32). The Hall–Kier alpha value is -3.58. The molecule has 0 bridgehead atoms. The Labute approximate surface area is 198 Å². The van der Waals surface area contributed by atoms with Crippen LogP contribution in [0.5, 0.6) is 0 Å². The molecule has 0 fully saturated rings. The zero-order chi connectivity index (χ0) is 23.0. The van der Waals surface area contributed by atoms with Crippen molar-refractivity contribution in [3.05, 3.63) is 102 Å². The third-order valence-electron chi connectivity index (χ3n) is 5.47. The molecule has 0 spiro atoms. The van der Waals surface area contributed by atoms with E-state index in [1.54, 1.807) is 0 Å². The zero-order valence-corrected chi connectivity index (χ0v) is 19.3. The predicted molar refractivity (Wildman–Crippen MR) is 133 cm³/mol. The van der Waals surface area contributed by atoms with Crippen LogP contribution in [0.1, 0.15) is 29.0 Å². The molecule has 1 aromatic heterocycles. The second-order valence-corrected chi connectivity index (χ2v) is 8.79. The fraction of sp³-hybridized carbons (Fsp3) is 0.192. The highest BCUT2D eigenvalue weighted by molar-refractivity contribution is 7.99. The van der Waals surface area contributed by atoms with Crippen LogP contribution in [0.15, 0.2) is 90.1 Å². The van der Waals surface area contributed by atoms with Crippen molar-refractivity contribution < 1.29 is 4.79 Å². The van der Waals surface area contributed by atoms with Crippen LogP contribution in [-0.4, -0.2) is 33.1 Å². The van der Waals surface area contributed by atoms with E-state index < -0.39 is 0 Å². The van der Waals surface area contributed by atoms with Crippen molar-refractivity contribution in [1.29, 1.82) is 0 Å². The number of carbonyl (C=O) groups is 1. The summed E-state index contributed by atoms with van der Waals surface area (Å²) in [4.78, 5) is 12.5. The number of aromatic nitrogens is 3.